The minimum Gasteiger partial charge on any atom is -0.493 e. The molecule has 0 heterocycles. The summed E-state index contributed by atoms with van der Waals surface area (Å²) in [5, 5.41) is 9.05. The second-order valence-electron chi connectivity index (χ2n) is 6.48. The van der Waals surface area contributed by atoms with Crippen molar-refractivity contribution in [3.05, 3.63) is 89.5 Å². The van der Waals surface area contributed by atoms with E-state index in [1.54, 1.807) is 72.8 Å². The maximum Gasteiger partial charge on any atom is 0.259 e. The zero-order valence-corrected chi connectivity index (χ0v) is 17.0. The van der Waals surface area contributed by atoms with E-state index in [0.717, 1.165) is 0 Å². The van der Waals surface area contributed by atoms with Gasteiger partial charge >= 0.3 is 0 Å². The first kappa shape index (κ1) is 21.4. The number of rotatable bonds is 7. The predicted molar refractivity (Wildman–Crippen MR) is 121 cm³/mol. The van der Waals surface area contributed by atoms with Crippen LogP contribution in [0.25, 0.3) is 0 Å². The number of amides is 2. The van der Waals surface area contributed by atoms with Gasteiger partial charge in [0, 0.05) is 11.3 Å². The van der Waals surface area contributed by atoms with Crippen molar-refractivity contribution in [1.29, 1.82) is 0 Å². The van der Waals surface area contributed by atoms with E-state index in [9.17, 15) is 9.59 Å². The van der Waals surface area contributed by atoms with Crippen LogP contribution in [0.4, 0.5) is 11.4 Å². The van der Waals surface area contributed by atoms with Crippen LogP contribution in [-0.2, 0) is 0 Å². The van der Waals surface area contributed by atoms with E-state index in [1.165, 1.54) is 0 Å². The SMILES string of the molecule is CCOc1ccccc1C(=O)Nc1ccccc1C(=O)Nc1cccc(/C(N)=N/N)c1. The molecule has 0 saturated heterocycles. The lowest BCUT2D eigenvalue weighted by molar-refractivity contribution is 0.102. The molecule has 0 saturated carbocycles. The molecular formula is C23H23N5O3. The molecule has 0 aromatic heterocycles. The largest absolute Gasteiger partial charge is 0.493 e. The van der Waals surface area contributed by atoms with Crippen molar-refractivity contribution in [1.82, 2.24) is 0 Å². The lowest BCUT2D eigenvalue weighted by Crippen LogP contribution is -2.19. The van der Waals surface area contributed by atoms with Crippen molar-refractivity contribution in [3.63, 3.8) is 0 Å². The minimum atomic E-state index is -0.394. The number of carbonyl (C=O) groups excluding carboxylic acids is 2. The molecule has 0 fully saturated rings. The highest BCUT2D eigenvalue weighted by atomic mass is 16.5. The molecule has 6 N–H and O–H groups in total. The van der Waals surface area contributed by atoms with E-state index < -0.39 is 5.91 Å². The molecule has 0 atom stereocenters. The van der Waals surface area contributed by atoms with Crippen LogP contribution in [0.2, 0.25) is 0 Å². The van der Waals surface area contributed by atoms with Gasteiger partial charge in [0.05, 0.1) is 23.4 Å². The van der Waals surface area contributed by atoms with Crippen LogP contribution in [0.3, 0.4) is 0 Å². The molecule has 0 bridgehead atoms. The summed E-state index contributed by atoms with van der Waals surface area (Å²) in [5.41, 5.74) is 7.87. The van der Waals surface area contributed by atoms with Gasteiger partial charge in [-0.25, -0.2) is 0 Å². The Bertz CT molecular complexity index is 1130. The van der Waals surface area contributed by atoms with Gasteiger partial charge in [-0.3, -0.25) is 9.59 Å². The van der Waals surface area contributed by atoms with Crippen LogP contribution in [-0.4, -0.2) is 24.3 Å². The van der Waals surface area contributed by atoms with Crippen LogP contribution in [0.15, 0.2) is 77.9 Å². The van der Waals surface area contributed by atoms with Gasteiger partial charge in [0.25, 0.3) is 11.8 Å². The highest BCUT2D eigenvalue weighted by molar-refractivity contribution is 6.13. The first-order valence-electron chi connectivity index (χ1n) is 9.60. The van der Waals surface area contributed by atoms with E-state index in [1.807, 2.05) is 6.92 Å². The number of hydrogen-bond acceptors (Lipinski definition) is 5. The molecule has 2 amide bonds. The molecule has 0 radical (unpaired) electrons. The number of hydrazone groups is 1. The normalized spacial score (nSPS) is 10.9. The standard InChI is InChI=1S/C23H23N5O3/c1-2-31-20-13-6-4-11-18(20)23(30)27-19-12-5-3-10-17(19)22(29)26-16-9-7-8-15(14-16)21(24)28-25/h3-14H,2,25H2,1H3,(H2,24,28)(H,26,29)(H,27,30). The average molecular weight is 417 g/mol. The summed E-state index contributed by atoms with van der Waals surface area (Å²) in [5.74, 6) is 5.07. The second kappa shape index (κ2) is 9.93. The topological polar surface area (TPSA) is 132 Å². The number of benzene rings is 3. The number of amidine groups is 1. The quantitative estimate of drug-likeness (QED) is 0.203. The number of ether oxygens (including phenoxy) is 1. The Morgan fingerprint density at radius 1 is 0.903 bits per heavy atom. The van der Waals surface area contributed by atoms with Gasteiger partial charge in [0.15, 0.2) is 0 Å². The van der Waals surface area contributed by atoms with Gasteiger partial charge in [-0.15, -0.1) is 0 Å². The van der Waals surface area contributed by atoms with Gasteiger partial charge in [0.1, 0.15) is 11.6 Å². The average Bonchev–Trinajstić information content (AvgIpc) is 2.79. The van der Waals surface area contributed by atoms with Gasteiger partial charge in [-0.1, -0.05) is 36.4 Å². The van der Waals surface area contributed by atoms with Gasteiger partial charge < -0.3 is 26.9 Å². The zero-order chi connectivity index (χ0) is 22.2. The van der Waals surface area contributed by atoms with Crippen molar-refractivity contribution in [2.75, 3.05) is 17.2 Å². The van der Waals surface area contributed by atoms with Crippen LogP contribution >= 0.6 is 0 Å². The summed E-state index contributed by atoms with van der Waals surface area (Å²) in [6.07, 6.45) is 0. The Balaban J connectivity index is 1.82. The first-order chi connectivity index (χ1) is 15.0. The summed E-state index contributed by atoms with van der Waals surface area (Å²) >= 11 is 0. The monoisotopic (exact) mass is 417 g/mol. The summed E-state index contributed by atoms with van der Waals surface area (Å²) in [4.78, 5) is 25.7. The lowest BCUT2D eigenvalue weighted by Gasteiger charge is -2.14. The van der Waals surface area contributed by atoms with E-state index in [2.05, 4.69) is 15.7 Å². The summed E-state index contributed by atoms with van der Waals surface area (Å²) in [6, 6.07) is 20.5. The number of carbonyl (C=O) groups is 2. The number of nitrogens with zero attached hydrogens (tertiary/aromatic N) is 1. The van der Waals surface area contributed by atoms with E-state index in [4.69, 9.17) is 16.3 Å². The molecule has 0 unspecified atom stereocenters. The van der Waals surface area contributed by atoms with Crippen molar-refractivity contribution in [2.45, 2.75) is 6.92 Å². The minimum absolute atomic E-state index is 0.150. The second-order valence-corrected chi connectivity index (χ2v) is 6.48. The molecule has 8 nitrogen and oxygen atoms in total. The van der Waals surface area contributed by atoms with Gasteiger partial charge in [-0.05, 0) is 43.3 Å². The molecule has 158 valence electrons. The summed E-state index contributed by atoms with van der Waals surface area (Å²) in [6.45, 7) is 2.28. The Labute approximate surface area is 179 Å². The van der Waals surface area contributed by atoms with Crippen LogP contribution in [0, 0.1) is 0 Å². The fourth-order valence-corrected chi connectivity index (χ4v) is 2.94. The first-order valence-corrected chi connectivity index (χ1v) is 9.60. The number of hydrogen-bond donors (Lipinski definition) is 4. The summed E-state index contributed by atoms with van der Waals surface area (Å²) in [7, 11) is 0. The highest BCUT2D eigenvalue weighted by Gasteiger charge is 2.17. The van der Waals surface area contributed by atoms with Crippen LogP contribution < -0.4 is 26.9 Å². The third kappa shape index (κ3) is 5.18. The van der Waals surface area contributed by atoms with Crippen LogP contribution in [0.1, 0.15) is 33.2 Å². The zero-order valence-electron chi connectivity index (χ0n) is 17.0. The Morgan fingerprint density at radius 2 is 1.58 bits per heavy atom. The lowest BCUT2D eigenvalue weighted by atomic mass is 10.1. The highest BCUT2D eigenvalue weighted by Crippen LogP contribution is 2.22. The van der Waals surface area contributed by atoms with Crippen molar-refractivity contribution >= 4 is 29.0 Å². The predicted octanol–water partition coefficient (Wildman–Crippen LogP) is 3.17. The fourth-order valence-electron chi connectivity index (χ4n) is 2.94. The van der Waals surface area contributed by atoms with E-state index in [-0.39, 0.29) is 11.7 Å². The molecule has 3 aromatic rings. The summed E-state index contributed by atoms with van der Waals surface area (Å²) < 4.78 is 5.52. The number of nitrogens with two attached hydrogens (primary N) is 2. The fraction of sp³-hybridized carbons (Fsp3) is 0.0870. The van der Waals surface area contributed by atoms with Crippen molar-refractivity contribution < 1.29 is 14.3 Å². The maximum absolute atomic E-state index is 12.9. The van der Waals surface area contributed by atoms with Gasteiger partial charge in [0.2, 0.25) is 0 Å². The molecule has 3 aromatic carbocycles. The Kier molecular flexibility index (Phi) is 6.85. The van der Waals surface area contributed by atoms with Crippen molar-refractivity contribution in [3.8, 4) is 5.75 Å². The third-order valence-electron chi connectivity index (χ3n) is 4.41. The Hall–Kier alpha value is -4.33. The number of nitrogens with one attached hydrogen (secondary N) is 2. The smallest absolute Gasteiger partial charge is 0.259 e. The van der Waals surface area contributed by atoms with E-state index >= 15 is 0 Å². The molecule has 31 heavy (non-hydrogen) atoms. The molecule has 0 spiro atoms. The molecule has 8 heteroatoms. The molecule has 3 rings (SSSR count). The maximum atomic E-state index is 12.9. The van der Waals surface area contributed by atoms with Gasteiger partial charge in [-0.2, -0.15) is 5.10 Å². The van der Waals surface area contributed by atoms with Crippen molar-refractivity contribution in [2.24, 2.45) is 16.7 Å². The molecule has 0 aliphatic rings. The molecule has 0 aliphatic carbocycles. The molecular weight excluding hydrogens is 394 g/mol. The Morgan fingerprint density at radius 3 is 2.32 bits per heavy atom. The third-order valence-corrected chi connectivity index (χ3v) is 4.41. The number of para-hydroxylation sites is 2. The number of anilines is 2. The van der Waals surface area contributed by atoms with Crippen LogP contribution in [0.5, 0.6) is 5.75 Å². The van der Waals surface area contributed by atoms with E-state index in [0.29, 0.717) is 40.4 Å². The molecule has 0 aliphatic heterocycles.